The van der Waals surface area contributed by atoms with E-state index in [2.05, 4.69) is 32.7 Å². The number of halogens is 2. The summed E-state index contributed by atoms with van der Waals surface area (Å²) in [5.41, 5.74) is 9.00. The normalized spacial score (nSPS) is 11.8. The van der Waals surface area contributed by atoms with Crippen molar-refractivity contribution in [2.45, 2.75) is 78.3 Å². The zero-order valence-electron chi connectivity index (χ0n) is 40.2. The predicted octanol–water partition coefficient (Wildman–Crippen LogP) is 9.29. The maximum Gasteiger partial charge on any atom is 0.320 e. The molecule has 6 rings (SSSR count). The summed E-state index contributed by atoms with van der Waals surface area (Å²) < 4.78 is 35.5. The van der Waals surface area contributed by atoms with Gasteiger partial charge in [-0.15, -0.1) is 0 Å². The smallest absolute Gasteiger partial charge is 0.320 e. The van der Waals surface area contributed by atoms with E-state index in [1.54, 1.807) is 48.8 Å². The molecule has 0 aliphatic rings. The van der Waals surface area contributed by atoms with Crippen molar-refractivity contribution >= 4 is 35.1 Å². The van der Waals surface area contributed by atoms with Crippen LogP contribution in [0, 0.1) is 36.5 Å². The molecule has 2 unspecified atom stereocenters. The molecule has 4 N–H and O–H groups in total. The van der Waals surface area contributed by atoms with Crippen molar-refractivity contribution in [3.05, 3.63) is 163 Å². The number of rotatable bonds is 27. The van der Waals surface area contributed by atoms with Crippen LogP contribution in [0.25, 0.3) is 11.1 Å². The van der Waals surface area contributed by atoms with E-state index in [-0.39, 0.29) is 65.6 Å². The molecule has 2 heterocycles. The molecule has 0 fully saturated rings. The van der Waals surface area contributed by atoms with Crippen LogP contribution in [0.1, 0.15) is 68.5 Å². The molecule has 0 saturated heterocycles. The molecule has 0 aliphatic heterocycles. The van der Waals surface area contributed by atoms with Gasteiger partial charge in [0.1, 0.15) is 73.6 Å². The molecule has 0 radical (unpaired) electrons. The Labute approximate surface area is 428 Å². The Bertz CT molecular complexity index is 2750. The molecule has 0 aliphatic carbocycles. The van der Waals surface area contributed by atoms with Crippen LogP contribution in [0.4, 0.5) is 0 Å². The Morgan fingerprint density at radius 3 is 1.36 bits per heavy atom. The number of ether oxygens (including phenoxy) is 6. The second kappa shape index (κ2) is 26.8. The first-order chi connectivity index (χ1) is 34.8. The highest BCUT2D eigenvalue weighted by atomic mass is 35.5. The minimum Gasteiger partial charge on any atom is -0.488 e. The Morgan fingerprint density at radius 1 is 0.583 bits per heavy atom. The third-order valence-corrected chi connectivity index (χ3v) is 12.3. The van der Waals surface area contributed by atoms with Crippen LogP contribution in [-0.2, 0) is 58.6 Å². The third kappa shape index (κ3) is 14.9. The van der Waals surface area contributed by atoms with Crippen molar-refractivity contribution in [1.29, 1.82) is 10.5 Å². The minimum absolute atomic E-state index is 0.0742. The van der Waals surface area contributed by atoms with Crippen LogP contribution < -0.4 is 29.6 Å². The maximum absolute atomic E-state index is 12.0. The number of carboxylic acids is 2. The van der Waals surface area contributed by atoms with Gasteiger partial charge in [-0.2, -0.15) is 10.5 Å². The lowest BCUT2D eigenvalue weighted by Gasteiger charge is -2.20. The lowest BCUT2D eigenvalue weighted by atomic mass is 9.92. The number of methoxy groups -OCH3 is 2. The van der Waals surface area contributed by atoms with Gasteiger partial charge in [0.2, 0.25) is 0 Å². The Kier molecular flexibility index (Phi) is 20.1. The minimum atomic E-state index is -1.02. The number of aliphatic carboxylic acids is 2. The van der Waals surface area contributed by atoms with Gasteiger partial charge in [-0.25, -0.2) is 0 Å². The molecule has 72 heavy (non-hydrogen) atoms. The number of carbonyl (C=O) groups is 2. The van der Waals surface area contributed by atoms with Gasteiger partial charge in [-0.3, -0.25) is 19.6 Å². The van der Waals surface area contributed by atoms with Gasteiger partial charge in [-0.1, -0.05) is 59.6 Å². The van der Waals surface area contributed by atoms with E-state index in [1.807, 2.05) is 50.2 Å². The topological polar surface area (TPSA) is 227 Å². The van der Waals surface area contributed by atoms with Gasteiger partial charge in [-0.05, 0) is 84.3 Å². The summed E-state index contributed by atoms with van der Waals surface area (Å²) in [6, 6.07) is 24.4. The number of hydrogen-bond donors (Lipinski definition) is 4. The maximum atomic E-state index is 12.0. The molecule has 0 amide bonds. The van der Waals surface area contributed by atoms with Crippen molar-refractivity contribution in [2.75, 3.05) is 27.4 Å². The zero-order valence-corrected chi connectivity index (χ0v) is 41.7. The molecular weight excluding hydrogens is 964 g/mol. The largest absolute Gasteiger partial charge is 0.488 e. The molecule has 0 bridgehead atoms. The van der Waals surface area contributed by atoms with Crippen LogP contribution >= 0.6 is 23.2 Å². The summed E-state index contributed by atoms with van der Waals surface area (Å²) in [7, 11) is 3.02. The molecule has 2 aromatic heterocycles. The van der Waals surface area contributed by atoms with E-state index in [9.17, 15) is 30.3 Å². The number of nitrogens with one attached hydrogen (secondary N) is 2. The first kappa shape index (κ1) is 54.1. The van der Waals surface area contributed by atoms with Crippen molar-refractivity contribution in [1.82, 2.24) is 20.6 Å². The van der Waals surface area contributed by atoms with Crippen molar-refractivity contribution in [3.63, 3.8) is 0 Å². The van der Waals surface area contributed by atoms with Crippen LogP contribution in [0.5, 0.6) is 23.0 Å². The van der Waals surface area contributed by atoms with E-state index in [0.29, 0.717) is 66.4 Å². The first-order valence-corrected chi connectivity index (χ1v) is 23.5. The molecule has 4 aromatic carbocycles. The van der Waals surface area contributed by atoms with E-state index in [4.69, 9.17) is 51.6 Å². The lowest BCUT2D eigenvalue weighted by molar-refractivity contribution is -0.141. The fraction of sp³-hybridized carbons (Fsp3) is 0.296. The number of carboxylic acid groups (broad SMARTS) is 2. The van der Waals surface area contributed by atoms with Crippen LogP contribution in [0.15, 0.2) is 97.6 Å². The summed E-state index contributed by atoms with van der Waals surface area (Å²) in [4.78, 5) is 32.2. The summed E-state index contributed by atoms with van der Waals surface area (Å²) in [6.45, 7) is 5.25. The number of benzene rings is 4. The Balaban J connectivity index is 1.21. The van der Waals surface area contributed by atoms with Gasteiger partial charge < -0.3 is 49.3 Å². The first-order valence-electron chi connectivity index (χ1n) is 22.7. The Morgan fingerprint density at radius 2 is 0.986 bits per heavy atom. The number of nitrogens with zero attached hydrogens (tertiary/aromatic N) is 4. The second-order valence-corrected chi connectivity index (χ2v) is 17.4. The Hall–Kier alpha value is -7.28. The van der Waals surface area contributed by atoms with Crippen molar-refractivity contribution in [3.8, 4) is 46.3 Å². The van der Waals surface area contributed by atoms with E-state index in [1.165, 1.54) is 26.6 Å². The number of aromatic nitrogens is 2. The van der Waals surface area contributed by atoms with E-state index < -0.39 is 24.0 Å². The number of pyridine rings is 2. The summed E-state index contributed by atoms with van der Waals surface area (Å²) in [6.07, 6.45) is 6.62. The molecule has 2 atom stereocenters. The van der Waals surface area contributed by atoms with Crippen LogP contribution in [0.3, 0.4) is 0 Å². The zero-order chi connectivity index (χ0) is 51.6. The second-order valence-electron chi connectivity index (χ2n) is 16.6. The molecule has 374 valence electrons. The molecule has 0 spiro atoms. The third-order valence-electron chi connectivity index (χ3n) is 11.7. The summed E-state index contributed by atoms with van der Waals surface area (Å²) in [5, 5.41) is 45.1. The predicted molar refractivity (Wildman–Crippen MR) is 269 cm³/mol. The summed E-state index contributed by atoms with van der Waals surface area (Å²) in [5.74, 6) is -0.533. The highest BCUT2D eigenvalue weighted by Gasteiger charge is 2.22. The van der Waals surface area contributed by atoms with Gasteiger partial charge in [0.15, 0.2) is 0 Å². The van der Waals surface area contributed by atoms with Crippen LogP contribution in [0.2, 0.25) is 10.0 Å². The fourth-order valence-corrected chi connectivity index (χ4v) is 8.11. The van der Waals surface area contributed by atoms with Gasteiger partial charge in [0.05, 0.1) is 21.2 Å². The van der Waals surface area contributed by atoms with Gasteiger partial charge >= 0.3 is 11.9 Å². The van der Waals surface area contributed by atoms with E-state index in [0.717, 1.165) is 33.4 Å². The van der Waals surface area contributed by atoms with Crippen molar-refractivity contribution in [2.24, 2.45) is 0 Å². The fourth-order valence-electron chi connectivity index (χ4n) is 7.63. The molecule has 0 saturated carbocycles. The SMILES string of the molecule is COCCC(NCc1cc(Cl)c(OCc2cccc(-c3cccc(COc4cc(OCc5cncc(C#N)c5)c(CNC(CCOC)C(=O)O)cc4Cl)c3C)c2C)cc1OCc1cncc(C#N)c1)C(=O)O. The van der Waals surface area contributed by atoms with Crippen molar-refractivity contribution < 1.29 is 48.2 Å². The molecule has 16 nitrogen and oxygen atoms in total. The average molecular weight is 1020 g/mol. The van der Waals surface area contributed by atoms with Gasteiger partial charge in [0.25, 0.3) is 0 Å². The molecule has 6 aromatic rings. The van der Waals surface area contributed by atoms with E-state index >= 15 is 0 Å². The number of nitriles is 2. The summed E-state index contributed by atoms with van der Waals surface area (Å²) >= 11 is 13.7. The highest BCUT2D eigenvalue weighted by molar-refractivity contribution is 6.32. The monoisotopic (exact) mass is 1020 g/mol. The van der Waals surface area contributed by atoms with Crippen LogP contribution in [-0.4, -0.2) is 71.6 Å². The highest BCUT2D eigenvalue weighted by Crippen LogP contribution is 2.37. The number of hydrogen-bond acceptors (Lipinski definition) is 14. The quantitative estimate of drug-likeness (QED) is 0.0377. The molecule has 18 heteroatoms. The average Bonchev–Trinajstić information content (AvgIpc) is 3.38. The standard InChI is InChI=1S/C54H54Cl2N6O10/c1-33-39(31-71-51-19-49(69-29-37-15-35(21-57)23-59-25-37)41(17-45(51)55)27-61-47(53(63)64)11-13-67-3)7-5-9-43(33)44-10-6-8-40(34(44)2)32-72-52-20-50(70-30-38-16-36(22-58)24-60-26-38)42(18-46(52)56)28-62-48(54(65)66)12-14-68-4/h5-10,15-20,23-26,47-48,61-62H,11-14,27-32H2,1-4H3,(H,63,64)(H,65,66). The molecular formula is C54H54Cl2N6O10. The van der Waals surface area contributed by atoms with Gasteiger partial charge in [0, 0.05) is 99.7 Å². The lowest BCUT2D eigenvalue weighted by Crippen LogP contribution is -2.37.